The lowest BCUT2D eigenvalue weighted by atomic mass is 10.00. The van der Waals surface area contributed by atoms with Gasteiger partial charge in [-0.1, -0.05) is 92.7 Å². The van der Waals surface area contributed by atoms with Gasteiger partial charge >= 0.3 is 0 Å². The summed E-state index contributed by atoms with van der Waals surface area (Å²) in [6.07, 6.45) is 2.97. The van der Waals surface area contributed by atoms with Gasteiger partial charge in [-0.15, -0.1) is 0 Å². The highest BCUT2D eigenvalue weighted by Gasteiger charge is 2.40. The Balaban J connectivity index is 1.37. The molecule has 2 heterocycles. The van der Waals surface area contributed by atoms with Crippen LogP contribution in [0.25, 0.3) is 10.9 Å². The zero-order valence-electron chi connectivity index (χ0n) is 31.1. The van der Waals surface area contributed by atoms with Gasteiger partial charge < -0.3 is 42.6 Å². The minimum atomic E-state index is -1.10. The number of carbonyl (C=O) groups excluding carboxylic acids is 6. The quantitative estimate of drug-likeness (QED) is 0.0836. The van der Waals surface area contributed by atoms with Gasteiger partial charge in [0.1, 0.15) is 24.2 Å². The Kier molecular flexibility index (Phi) is 13.8. The number of para-hydroxylation sites is 1. The minimum absolute atomic E-state index is 0.0999. The minimum Gasteiger partial charge on any atom is -0.368 e. The van der Waals surface area contributed by atoms with Crippen LogP contribution in [0.1, 0.15) is 43.4 Å². The number of nitrogens with two attached hydrogens (primary N) is 2. The van der Waals surface area contributed by atoms with Crippen molar-refractivity contribution in [2.24, 2.45) is 17.4 Å². The number of hydrogen-bond acceptors (Lipinski definition) is 7. The smallest absolute Gasteiger partial charge is 0.246 e. The van der Waals surface area contributed by atoms with E-state index in [2.05, 4.69) is 26.3 Å². The molecule has 0 radical (unpaired) electrons. The summed E-state index contributed by atoms with van der Waals surface area (Å²) in [4.78, 5) is 85.2. The van der Waals surface area contributed by atoms with E-state index < -0.39 is 72.2 Å². The van der Waals surface area contributed by atoms with Gasteiger partial charge in [-0.25, -0.2) is 0 Å². The van der Waals surface area contributed by atoms with Gasteiger partial charge in [0.15, 0.2) is 0 Å². The number of amides is 6. The Morgan fingerprint density at radius 2 is 1.33 bits per heavy atom. The molecule has 1 aromatic heterocycles. The van der Waals surface area contributed by atoms with Crippen LogP contribution in [0.3, 0.4) is 0 Å². The number of carbonyl (C=O) groups is 6. The highest BCUT2D eigenvalue weighted by atomic mass is 16.2. The molecule has 0 unspecified atom stereocenters. The molecule has 0 aliphatic carbocycles. The molecule has 55 heavy (non-hydrogen) atoms. The van der Waals surface area contributed by atoms with Crippen molar-refractivity contribution in [3.05, 3.63) is 108 Å². The molecular weight excluding hydrogens is 701 g/mol. The van der Waals surface area contributed by atoms with Gasteiger partial charge in [0.05, 0.1) is 12.6 Å². The topological polar surface area (TPSA) is 222 Å². The Hall–Kier alpha value is -6.02. The normalized spacial score (nSPS) is 16.1. The largest absolute Gasteiger partial charge is 0.368 e. The van der Waals surface area contributed by atoms with Crippen molar-refractivity contribution in [1.82, 2.24) is 31.2 Å². The number of rotatable bonds is 17. The van der Waals surface area contributed by atoms with Crippen LogP contribution in [0.2, 0.25) is 0 Å². The Morgan fingerprint density at radius 3 is 1.96 bits per heavy atom. The van der Waals surface area contributed by atoms with E-state index in [-0.39, 0.29) is 31.7 Å². The molecule has 3 aromatic carbocycles. The second kappa shape index (κ2) is 18.8. The van der Waals surface area contributed by atoms with Gasteiger partial charge in [0.25, 0.3) is 0 Å². The Bertz CT molecular complexity index is 1970. The van der Waals surface area contributed by atoms with Crippen LogP contribution >= 0.6 is 0 Å². The molecule has 14 heteroatoms. The molecular formula is C41H50N8O6. The molecule has 0 spiro atoms. The van der Waals surface area contributed by atoms with E-state index in [9.17, 15) is 28.8 Å². The van der Waals surface area contributed by atoms with Crippen LogP contribution < -0.4 is 32.7 Å². The molecule has 5 rings (SSSR count). The lowest BCUT2D eigenvalue weighted by molar-refractivity contribution is -0.142. The molecule has 290 valence electrons. The molecule has 1 aliphatic heterocycles. The predicted octanol–water partition coefficient (Wildman–Crippen LogP) is 1.23. The number of likely N-dealkylation sites (tertiary alicyclic amines) is 1. The van der Waals surface area contributed by atoms with Crippen molar-refractivity contribution in [1.29, 1.82) is 0 Å². The fourth-order valence-corrected chi connectivity index (χ4v) is 6.75. The van der Waals surface area contributed by atoms with Crippen molar-refractivity contribution < 1.29 is 28.8 Å². The lowest BCUT2D eigenvalue weighted by Gasteiger charge is -2.31. The van der Waals surface area contributed by atoms with Gasteiger partial charge in [0, 0.05) is 42.9 Å². The summed E-state index contributed by atoms with van der Waals surface area (Å²) in [7, 11) is 0. The second-order valence-corrected chi connectivity index (χ2v) is 14.3. The van der Waals surface area contributed by atoms with Gasteiger partial charge in [-0.3, -0.25) is 28.8 Å². The molecule has 9 N–H and O–H groups in total. The average Bonchev–Trinajstić information content (AvgIpc) is 3.84. The van der Waals surface area contributed by atoms with E-state index in [0.717, 1.165) is 27.6 Å². The first kappa shape index (κ1) is 40.2. The SMILES string of the molecule is CC(C)[C@H](N)C(=O)N[C@@H](Cc1ccccc1)C(=O)N[C@@H](Cc1ccccc1)C(=O)N1CCC[C@H]1C(=O)N[C@@H](Cc1c[nH]c2ccccc12)C(=O)NCC(N)=O. The first-order chi connectivity index (χ1) is 26.4. The maximum atomic E-state index is 14.5. The molecule has 1 aliphatic rings. The van der Waals surface area contributed by atoms with Crippen molar-refractivity contribution in [3.63, 3.8) is 0 Å². The van der Waals surface area contributed by atoms with E-state index in [1.54, 1.807) is 6.20 Å². The number of nitrogens with zero attached hydrogens (tertiary/aromatic N) is 1. The van der Waals surface area contributed by atoms with Crippen LogP contribution in [0, 0.1) is 5.92 Å². The maximum Gasteiger partial charge on any atom is 0.246 e. The number of aromatic nitrogens is 1. The number of aromatic amines is 1. The third kappa shape index (κ3) is 10.8. The van der Waals surface area contributed by atoms with Crippen molar-refractivity contribution in [3.8, 4) is 0 Å². The highest BCUT2D eigenvalue weighted by molar-refractivity contribution is 5.97. The molecule has 1 fully saturated rings. The fraction of sp³-hybridized carbons (Fsp3) is 0.366. The zero-order valence-corrected chi connectivity index (χ0v) is 31.1. The van der Waals surface area contributed by atoms with E-state index in [4.69, 9.17) is 11.5 Å². The van der Waals surface area contributed by atoms with Crippen LogP contribution in [-0.4, -0.2) is 88.6 Å². The first-order valence-electron chi connectivity index (χ1n) is 18.6. The number of nitrogens with one attached hydrogen (secondary N) is 5. The fourth-order valence-electron chi connectivity index (χ4n) is 6.75. The van der Waals surface area contributed by atoms with E-state index in [1.165, 1.54) is 4.90 Å². The first-order valence-corrected chi connectivity index (χ1v) is 18.6. The second-order valence-electron chi connectivity index (χ2n) is 14.3. The number of fused-ring (bicyclic) bond motifs is 1. The van der Waals surface area contributed by atoms with Gasteiger partial charge in [-0.2, -0.15) is 0 Å². The summed E-state index contributed by atoms with van der Waals surface area (Å²) in [5.41, 5.74) is 14.6. The van der Waals surface area contributed by atoms with Crippen LogP contribution in [-0.2, 0) is 48.0 Å². The molecule has 1 saturated heterocycles. The van der Waals surface area contributed by atoms with E-state index in [1.807, 2.05) is 98.8 Å². The van der Waals surface area contributed by atoms with Gasteiger partial charge in [-0.05, 0) is 41.5 Å². The standard InChI is InChI=1S/C41H50N8O6/c1-25(2)36(43)40(54)47-31(20-26-12-5-3-6-13-26)38(52)48-33(21-27-14-7-4-8-15-27)41(55)49-19-11-18-34(49)39(53)46-32(37(51)45-24-35(42)50)22-28-23-44-30-17-10-9-16-29(28)30/h3-10,12-17,23,25,31-34,36,44H,11,18-22,24,43H2,1-2H3,(H2,42,50)(H,45,51)(H,46,53)(H,47,54)(H,48,52)/t31-,32-,33-,34-,36-/m0/s1. The summed E-state index contributed by atoms with van der Waals surface area (Å²) < 4.78 is 0. The Labute approximate surface area is 320 Å². The summed E-state index contributed by atoms with van der Waals surface area (Å²) in [6, 6.07) is 20.9. The summed E-state index contributed by atoms with van der Waals surface area (Å²) in [6.45, 7) is 3.45. The van der Waals surface area contributed by atoms with Crippen molar-refractivity contribution in [2.75, 3.05) is 13.1 Å². The summed E-state index contributed by atoms with van der Waals surface area (Å²) in [5, 5.41) is 11.9. The number of benzene rings is 3. The van der Waals surface area contributed by atoms with Crippen LogP contribution in [0.5, 0.6) is 0 Å². The predicted molar refractivity (Wildman–Crippen MR) is 208 cm³/mol. The average molecular weight is 751 g/mol. The summed E-state index contributed by atoms with van der Waals surface area (Å²) >= 11 is 0. The molecule has 0 bridgehead atoms. The Morgan fingerprint density at radius 1 is 0.745 bits per heavy atom. The molecule has 14 nitrogen and oxygen atoms in total. The monoisotopic (exact) mass is 750 g/mol. The molecule has 5 atom stereocenters. The van der Waals surface area contributed by atoms with Crippen LogP contribution in [0.4, 0.5) is 0 Å². The highest BCUT2D eigenvalue weighted by Crippen LogP contribution is 2.22. The van der Waals surface area contributed by atoms with Crippen molar-refractivity contribution in [2.45, 2.75) is 76.2 Å². The number of hydrogen-bond donors (Lipinski definition) is 7. The molecule has 6 amide bonds. The third-order valence-electron chi connectivity index (χ3n) is 9.84. The van der Waals surface area contributed by atoms with Crippen molar-refractivity contribution >= 4 is 46.3 Å². The lowest BCUT2D eigenvalue weighted by Crippen LogP contribution is -2.59. The molecule has 0 saturated carbocycles. The summed E-state index contributed by atoms with van der Waals surface area (Å²) in [5.74, 6) is -3.62. The zero-order chi connectivity index (χ0) is 39.5. The number of H-pyrrole nitrogens is 1. The molecule has 4 aromatic rings. The van der Waals surface area contributed by atoms with Gasteiger partial charge in [0.2, 0.25) is 35.4 Å². The van der Waals surface area contributed by atoms with Crippen LogP contribution in [0.15, 0.2) is 91.1 Å². The third-order valence-corrected chi connectivity index (χ3v) is 9.84. The van der Waals surface area contributed by atoms with E-state index >= 15 is 0 Å². The number of primary amides is 1. The van der Waals surface area contributed by atoms with E-state index in [0.29, 0.717) is 12.8 Å². The maximum absolute atomic E-state index is 14.5.